The van der Waals surface area contributed by atoms with Crippen LogP contribution in [-0.4, -0.2) is 20.9 Å². The maximum Gasteiger partial charge on any atom is 0.356 e. The molecule has 0 atom stereocenters. The summed E-state index contributed by atoms with van der Waals surface area (Å²) in [5.41, 5.74) is -0.168. The van der Waals surface area contributed by atoms with Crippen molar-refractivity contribution >= 4 is 5.97 Å². The van der Waals surface area contributed by atoms with Crippen molar-refractivity contribution < 1.29 is 9.90 Å². The molecule has 1 heterocycles. The summed E-state index contributed by atoms with van der Waals surface area (Å²) in [6.07, 6.45) is 0. The largest absolute Gasteiger partial charge is 0.476 e. The Kier molecular flexibility index (Phi) is 2.30. The summed E-state index contributed by atoms with van der Waals surface area (Å²) in [4.78, 5) is 10.6. The first-order valence-corrected chi connectivity index (χ1v) is 4.07. The highest BCUT2D eigenvalue weighted by atomic mass is 16.4. The third-order valence-electron chi connectivity index (χ3n) is 2.02. The van der Waals surface area contributed by atoms with Crippen LogP contribution < -0.4 is 0 Å². The van der Waals surface area contributed by atoms with Gasteiger partial charge < -0.3 is 5.11 Å². The molecule has 0 saturated carbocycles. The zero-order valence-electron chi connectivity index (χ0n) is 8.27. The average molecular weight is 193 g/mol. The minimum Gasteiger partial charge on any atom is -0.476 e. The Morgan fingerprint density at radius 3 is 2.64 bits per heavy atom. The van der Waals surface area contributed by atoms with Gasteiger partial charge in [-0.25, -0.2) is 4.79 Å². The van der Waals surface area contributed by atoms with Crippen molar-refractivity contribution in [3.05, 3.63) is 17.5 Å². The fourth-order valence-electron chi connectivity index (χ4n) is 1.21. The molecule has 0 aliphatic heterocycles. The van der Waals surface area contributed by atoms with Crippen LogP contribution >= 0.6 is 0 Å². The third kappa shape index (κ3) is 1.59. The van der Waals surface area contributed by atoms with E-state index in [4.69, 9.17) is 10.4 Å². The SMILES string of the molecule is Cn1nc(C(=O)O)cc1C(C)(C)C#N. The Morgan fingerprint density at radius 1 is 1.71 bits per heavy atom. The second-order valence-corrected chi connectivity index (χ2v) is 3.58. The summed E-state index contributed by atoms with van der Waals surface area (Å²) in [6, 6.07) is 3.52. The van der Waals surface area contributed by atoms with Crippen LogP contribution in [0.4, 0.5) is 0 Å². The van der Waals surface area contributed by atoms with Gasteiger partial charge in [-0.05, 0) is 19.9 Å². The molecule has 1 aromatic heterocycles. The van der Waals surface area contributed by atoms with Crippen LogP contribution in [0.5, 0.6) is 0 Å². The molecule has 1 N–H and O–H groups in total. The fourth-order valence-corrected chi connectivity index (χ4v) is 1.21. The topological polar surface area (TPSA) is 78.9 Å². The number of carboxylic acid groups (broad SMARTS) is 1. The zero-order valence-corrected chi connectivity index (χ0v) is 8.27. The molecule has 74 valence electrons. The fraction of sp³-hybridized carbons (Fsp3) is 0.444. The van der Waals surface area contributed by atoms with Gasteiger partial charge in [0.2, 0.25) is 0 Å². The number of nitrogens with zero attached hydrogens (tertiary/aromatic N) is 3. The van der Waals surface area contributed by atoms with Crippen molar-refractivity contribution in [3.63, 3.8) is 0 Å². The highest BCUT2D eigenvalue weighted by Gasteiger charge is 2.25. The molecule has 0 spiro atoms. The molecule has 0 bridgehead atoms. The number of carbonyl (C=O) groups is 1. The van der Waals surface area contributed by atoms with E-state index in [2.05, 4.69) is 11.2 Å². The maximum atomic E-state index is 10.6. The number of aryl methyl sites for hydroxylation is 1. The Balaban J connectivity index is 3.25. The van der Waals surface area contributed by atoms with Crippen LogP contribution in [0.1, 0.15) is 30.0 Å². The van der Waals surface area contributed by atoms with Crippen molar-refractivity contribution in [1.82, 2.24) is 9.78 Å². The van der Waals surface area contributed by atoms with Gasteiger partial charge in [-0.2, -0.15) is 10.4 Å². The molecule has 0 aromatic carbocycles. The van der Waals surface area contributed by atoms with Gasteiger partial charge in [-0.3, -0.25) is 4.68 Å². The Bertz CT molecular complexity index is 412. The summed E-state index contributed by atoms with van der Waals surface area (Å²) in [6.45, 7) is 3.44. The second kappa shape index (κ2) is 3.14. The van der Waals surface area contributed by atoms with Gasteiger partial charge in [-0.1, -0.05) is 0 Å². The minimum atomic E-state index is -1.08. The lowest BCUT2D eigenvalue weighted by molar-refractivity contribution is 0.0689. The molecule has 0 aliphatic rings. The molecule has 0 radical (unpaired) electrons. The number of aromatic carboxylic acids is 1. The van der Waals surface area contributed by atoms with E-state index in [-0.39, 0.29) is 5.69 Å². The number of rotatable bonds is 2. The van der Waals surface area contributed by atoms with Gasteiger partial charge in [0.05, 0.1) is 17.2 Å². The maximum absolute atomic E-state index is 10.6. The quantitative estimate of drug-likeness (QED) is 0.757. The van der Waals surface area contributed by atoms with Crippen LogP contribution in [0.25, 0.3) is 0 Å². The number of hydrogen-bond acceptors (Lipinski definition) is 3. The van der Waals surface area contributed by atoms with Crippen LogP contribution in [0.2, 0.25) is 0 Å². The summed E-state index contributed by atoms with van der Waals surface area (Å²) in [5, 5.41) is 21.4. The average Bonchev–Trinajstić information content (AvgIpc) is 2.48. The first-order chi connectivity index (χ1) is 6.38. The number of nitriles is 1. The molecule has 1 rings (SSSR count). The second-order valence-electron chi connectivity index (χ2n) is 3.58. The molecule has 1 aromatic rings. The molecule has 0 amide bonds. The molecule has 0 saturated heterocycles. The van der Waals surface area contributed by atoms with E-state index in [0.717, 1.165) is 0 Å². The Morgan fingerprint density at radius 2 is 2.29 bits per heavy atom. The first-order valence-electron chi connectivity index (χ1n) is 4.07. The molecular formula is C9H11N3O2. The van der Waals surface area contributed by atoms with E-state index in [1.165, 1.54) is 10.7 Å². The van der Waals surface area contributed by atoms with Crippen molar-refractivity contribution in [2.75, 3.05) is 0 Å². The van der Waals surface area contributed by atoms with Crippen LogP contribution in [0.3, 0.4) is 0 Å². The standard InChI is InChI=1S/C9H11N3O2/c1-9(2,5-10)7-4-6(8(13)14)11-12(7)3/h4H,1-3H3,(H,13,14). The molecule has 5 nitrogen and oxygen atoms in total. The van der Waals surface area contributed by atoms with Gasteiger partial charge in [0, 0.05) is 7.05 Å². The molecule has 0 fully saturated rings. The Labute approximate surface area is 81.6 Å². The Hall–Kier alpha value is -1.83. The normalized spacial score (nSPS) is 11.0. The van der Waals surface area contributed by atoms with Crippen LogP contribution in [-0.2, 0) is 12.5 Å². The zero-order chi connectivity index (χ0) is 10.9. The number of aromatic nitrogens is 2. The van der Waals surface area contributed by atoms with Crippen molar-refractivity contribution in [2.24, 2.45) is 7.05 Å². The van der Waals surface area contributed by atoms with E-state index >= 15 is 0 Å². The van der Waals surface area contributed by atoms with E-state index < -0.39 is 11.4 Å². The molecular weight excluding hydrogens is 182 g/mol. The lowest BCUT2D eigenvalue weighted by atomic mass is 9.91. The predicted molar refractivity (Wildman–Crippen MR) is 48.8 cm³/mol. The molecule has 0 aliphatic carbocycles. The van der Waals surface area contributed by atoms with Crippen molar-refractivity contribution in [2.45, 2.75) is 19.3 Å². The molecule has 0 unspecified atom stereocenters. The molecule has 14 heavy (non-hydrogen) atoms. The molecule has 5 heteroatoms. The predicted octanol–water partition coefficient (Wildman–Crippen LogP) is 0.919. The smallest absolute Gasteiger partial charge is 0.356 e. The van der Waals surface area contributed by atoms with Crippen LogP contribution in [0, 0.1) is 11.3 Å². The summed E-state index contributed by atoms with van der Waals surface area (Å²) in [7, 11) is 1.63. The van der Waals surface area contributed by atoms with E-state index in [1.54, 1.807) is 20.9 Å². The monoisotopic (exact) mass is 193 g/mol. The summed E-state index contributed by atoms with van der Waals surface area (Å²) >= 11 is 0. The van der Waals surface area contributed by atoms with Gasteiger partial charge >= 0.3 is 5.97 Å². The number of hydrogen-bond donors (Lipinski definition) is 1. The lowest BCUT2D eigenvalue weighted by Crippen LogP contribution is -2.18. The van der Waals surface area contributed by atoms with E-state index in [9.17, 15) is 4.79 Å². The van der Waals surface area contributed by atoms with E-state index in [0.29, 0.717) is 5.69 Å². The summed E-state index contributed by atoms with van der Waals surface area (Å²) in [5.74, 6) is -1.08. The van der Waals surface area contributed by atoms with Gasteiger partial charge in [-0.15, -0.1) is 0 Å². The van der Waals surface area contributed by atoms with Gasteiger partial charge in [0.1, 0.15) is 0 Å². The van der Waals surface area contributed by atoms with Gasteiger partial charge in [0.25, 0.3) is 0 Å². The highest BCUT2D eigenvalue weighted by Crippen LogP contribution is 2.22. The summed E-state index contributed by atoms with van der Waals surface area (Å²) < 4.78 is 1.42. The first kappa shape index (κ1) is 10.3. The van der Waals surface area contributed by atoms with Crippen LogP contribution in [0.15, 0.2) is 6.07 Å². The van der Waals surface area contributed by atoms with Gasteiger partial charge in [0.15, 0.2) is 5.69 Å². The number of carboxylic acids is 1. The van der Waals surface area contributed by atoms with Crippen molar-refractivity contribution in [1.29, 1.82) is 5.26 Å². The highest BCUT2D eigenvalue weighted by molar-refractivity contribution is 5.85. The third-order valence-corrected chi connectivity index (χ3v) is 2.02. The lowest BCUT2D eigenvalue weighted by Gasteiger charge is -2.14. The minimum absolute atomic E-state index is 0.0363. The van der Waals surface area contributed by atoms with E-state index in [1.807, 2.05) is 0 Å². The van der Waals surface area contributed by atoms with Crippen molar-refractivity contribution in [3.8, 4) is 6.07 Å².